The average Bonchev–Trinajstić information content (AvgIpc) is 3.73. The highest BCUT2D eigenvalue weighted by atomic mass is 32.2. The van der Waals surface area contributed by atoms with E-state index < -0.39 is 6.15 Å². The molecule has 0 N–H and O–H groups in total. The van der Waals surface area contributed by atoms with Crippen molar-refractivity contribution in [3.63, 3.8) is 0 Å². The molecule has 0 bridgehead atoms. The smallest absolute Gasteiger partial charge is 0.262 e. The van der Waals surface area contributed by atoms with Gasteiger partial charge in [-0.3, -0.25) is 0 Å². The number of allylic oxidation sites excluding steroid dienone is 4. The fraction of sp³-hybridized carbons (Fsp3) is 0.178. The SMILES string of the molecule is CCCC[B-](c1ccccc1)(c1ccccc1)c1ccccc1.CCN1C(=CC=CC=Cc2sc3ccccc3[n+]2CC)Sc2ccccc21. The normalized spacial score (nSPS) is 13.7. The van der Waals surface area contributed by atoms with Crippen molar-refractivity contribution in [2.24, 2.45) is 0 Å². The molecule has 1 aromatic heterocycles. The van der Waals surface area contributed by atoms with Crippen LogP contribution in [0, 0.1) is 0 Å². The van der Waals surface area contributed by atoms with Crippen LogP contribution in [0.3, 0.4) is 0 Å². The van der Waals surface area contributed by atoms with E-state index >= 15 is 0 Å². The van der Waals surface area contributed by atoms with Gasteiger partial charge in [-0.15, -0.1) is 0 Å². The van der Waals surface area contributed by atoms with Crippen LogP contribution in [0.25, 0.3) is 16.3 Å². The number of aryl methyl sites for hydroxylation is 1. The maximum absolute atomic E-state index is 2.37. The van der Waals surface area contributed by atoms with E-state index in [2.05, 4.69) is 200 Å². The Balaban J connectivity index is 0.000000175. The molecule has 5 heteroatoms. The molecule has 0 atom stereocenters. The third-order valence-corrected chi connectivity index (χ3v) is 12.0. The maximum Gasteiger partial charge on any atom is 0.262 e. The summed E-state index contributed by atoms with van der Waals surface area (Å²) in [4.78, 5) is 3.70. The topological polar surface area (TPSA) is 7.12 Å². The summed E-state index contributed by atoms with van der Waals surface area (Å²) in [7, 11) is 0. The van der Waals surface area contributed by atoms with E-state index in [-0.39, 0.29) is 0 Å². The van der Waals surface area contributed by atoms with Crippen LogP contribution < -0.4 is 25.9 Å². The fourth-order valence-electron chi connectivity index (χ4n) is 7.28. The van der Waals surface area contributed by atoms with Crippen LogP contribution in [0.1, 0.15) is 38.6 Å². The van der Waals surface area contributed by atoms with Gasteiger partial charge in [-0.1, -0.05) is 176 Å². The van der Waals surface area contributed by atoms with Crippen molar-refractivity contribution in [1.29, 1.82) is 0 Å². The molecule has 2 nitrogen and oxygen atoms in total. The van der Waals surface area contributed by atoms with Gasteiger partial charge < -0.3 is 4.90 Å². The number of anilines is 1. The third kappa shape index (κ3) is 7.75. The number of benzene rings is 5. The lowest BCUT2D eigenvalue weighted by Gasteiger charge is -2.43. The van der Waals surface area contributed by atoms with Crippen LogP contribution in [0.5, 0.6) is 0 Å². The highest BCUT2D eigenvalue weighted by Crippen LogP contribution is 2.45. The molecular weight excluding hydrogens is 643 g/mol. The molecular formula is C45H47BN2S2. The first-order chi connectivity index (χ1) is 24.7. The number of aromatic nitrogens is 1. The van der Waals surface area contributed by atoms with Crippen LogP contribution >= 0.6 is 23.1 Å². The van der Waals surface area contributed by atoms with E-state index in [4.69, 9.17) is 0 Å². The number of thioether (sulfide) groups is 1. The summed E-state index contributed by atoms with van der Waals surface area (Å²) in [6, 6.07) is 50.4. The molecule has 6 aromatic rings. The second-order valence-electron chi connectivity index (χ2n) is 12.6. The first-order valence-electron chi connectivity index (χ1n) is 18.0. The van der Waals surface area contributed by atoms with Gasteiger partial charge in [-0.2, -0.15) is 27.3 Å². The van der Waals surface area contributed by atoms with Gasteiger partial charge in [0.25, 0.3) is 5.01 Å². The monoisotopic (exact) mass is 690 g/mol. The maximum atomic E-state index is 2.37. The number of hydrogen-bond donors (Lipinski definition) is 0. The molecule has 0 radical (unpaired) electrons. The second kappa shape index (κ2) is 17.4. The number of nitrogens with zero attached hydrogens (tertiary/aromatic N) is 2. The van der Waals surface area contributed by atoms with Gasteiger partial charge in [0.1, 0.15) is 11.2 Å². The molecule has 0 saturated heterocycles. The minimum atomic E-state index is -0.913. The summed E-state index contributed by atoms with van der Waals surface area (Å²) in [6.45, 7) is 8.65. The van der Waals surface area contributed by atoms with Crippen molar-refractivity contribution >= 4 is 67.6 Å². The number of thiazole rings is 1. The zero-order valence-corrected chi connectivity index (χ0v) is 31.1. The third-order valence-electron chi connectivity index (χ3n) is 9.70. The van der Waals surface area contributed by atoms with E-state index in [0.29, 0.717) is 0 Å². The predicted octanol–water partition coefficient (Wildman–Crippen LogP) is 10.2. The Hall–Kier alpha value is -4.58. The Morgan fingerprint density at radius 2 is 1.22 bits per heavy atom. The molecule has 0 spiro atoms. The Bertz CT molecular complexity index is 1950. The lowest BCUT2D eigenvalue weighted by molar-refractivity contribution is -0.665. The molecule has 252 valence electrons. The molecule has 0 aliphatic carbocycles. The molecule has 0 unspecified atom stereocenters. The van der Waals surface area contributed by atoms with E-state index in [1.165, 1.54) is 66.4 Å². The van der Waals surface area contributed by atoms with Gasteiger partial charge >= 0.3 is 0 Å². The van der Waals surface area contributed by atoms with Crippen molar-refractivity contribution in [3.05, 3.63) is 174 Å². The van der Waals surface area contributed by atoms with Crippen LogP contribution in [0.15, 0.2) is 174 Å². The van der Waals surface area contributed by atoms with Crippen molar-refractivity contribution in [3.8, 4) is 0 Å². The van der Waals surface area contributed by atoms with Crippen molar-refractivity contribution in [1.82, 2.24) is 0 Å². The van der Waals surface area contributed by atoms with E-state index in [1.807, 2.05) is 23.1 Å². The zero-order chi connectivity index (χ0) is 34.6. The molecule has 0 amide bonds. The Kier molecular flexibility index (Phi) is 12.3. The number of fused-ring (bicyclic) bond motifs is 2. The minimum absolute atomic E-state index is 0.913. The Labute approximate surface area is 307 Å². The van der Waals surface area contributed by atoms with Crippen LogP contribution in [0.4, 0.5) is 5.69 Å². The number of hydrogen-bond acceptors (Lipinski definition) is 3. The highest BCUT2D eigenvalue weighted by Gasteiger charge is 2.29. The fourth-order valence-corrected chi connectivity index (χ4v) is 9.56. The Morgan fingerprint density at radius 3 is 1.82 bits per heavy atom. The number of rotatable bonds is 11. The molecule has 1 aliphatic heterocycles. The summed E-state index contributed by atoms with van der Waals surface area (Å²) < 4.78 is 3.70. The first-order valence-corrected chi connectivity index (χ1v) is 19.7. The average molecular weight is 691 g/mol. The van der Waals surface area contributed by atoms with Crippen molar-refractivity contribution in [2.75, 3.05) is 11.4 Å². The van der Waals surface area contributed by atoms with E-state index in [9.17, 15) is 0 Å². The van der Waals surface area contributed by atoms with Crippen LogP contribution in [-0.2, 0) is 6.54 Å². The van der Waals surface area contributed by atoms with Gasteiger partial charge in [0.2, 0.25) is 5.52 Å². The standard InChI is InChI=1S/C23H23N2S2.C22H24B/c1-3-24-18-12-8-10-14-20(18)26-22(24)16-6-5-7-17-23-25(4-2)19-13-9-11-15-21(19)27-23;1-2-3-19-23(20-13-7-4-8-14-20,21-15-9-5-10-16-21)22-17-11-6-12-18-22/h5-17H,3-4H2,1-2H3;4-18H,2-3,19H2,1H3/q+1;-1. The molecule has 5 aromatic carbocycles. The highest BCUT2D eigenvalue weighted by molar-refractivity contribution is 8.03. The largest absolute Gasteiger partial charge is 0.335 e. The number of para-hydroxylation sites is 2. The summed E-state index contributed by atoms with van der Waals surface area (Å²) >= 11 is 3.68. The summed E-state index contributed by atoms with van der Waals surface area (Å²) in [5, 5.41) is 2.57. The van der Waals surface area contributed by atoms with Crippen molar-refractivity contribution < 1.29 is 4.57 Å². The molecule has 0 fully saturated rings. The summed E-state index contributed by atoms with van der Waals surface area (Å²) in [5.74, 6) is 0. The molecule has 1 aliphatic rings. The summed E-state index contributed by atoms with van der Waals surface area (Å²) in [5.41, 5.74) is 6.96. The van der Waals surface area contributed by atoms with Gasteiger partial charge in [-0.05, 0) is 38.1 Å². The van der Waals surface area contributed by atoms with Crippen molar-refractivity contribution in [2.45, 2.75) is 51.4 Å². The predicted molar refractivity (Wildman–Crippen MR) is 223 cm³/mol. The molecule has 7 rings (SSSR count). The summed E-state index contributed by atoms with van der Waals surface area (Å²) in [6.07, 6.45) is 13.5. The lowest BCUT2D eigenvalue weighted by Crippen LogP contribution is -2.66. The molecule has 0 saturated carbocycles. The Morgan fingerprint density at radius 1 is 0.640 bits per heavy atom. The van der Waals surface area contributed by atoms with E-state index in [1.54, 1.807) is 0 Å². The molecule has 50 heavy (non-hydrogen) atoms. The quantitative estimate of drug-likeness (QED) is 0.0759. The van der Waals surface area contributed by atoms with Crippen LogP contribution in [-0.4, -0.2) is 12.7 Å². The van der Waals surface area contributed by atoms with Gasteiger partial charge in [0.15, 0.2) is 0 Å². The van der Waals surface area contributed by atoms with Crippen LogP contribution in [0.2, 0.25) is 6.32 Å². The van der Waals surface area contributed by atoms with Gasteiger partial charge in [0.05, 0.1) is 16.9 Å². The minimum Gasteiger partial charge on any atom is -0.335 e. The molecule has 2 heterocycles. The van der Waals surface area contributed by atoms with Gasteiger partial charge in [0, 0.05) is 23.6 Å². The second-order valence-corrected chi connectivity index (χ2v) is 14.8. The van der Waals surface area contributed by atoms with Gasteiger partial charge in [-0.25, -0.2) is 0 Å². The first kappa shape index (κ1) is 35.3. The zero-order valence-electron chi connectivity index (χ0n) is 29.5. The lowest BCUT2D eigenvalue weighted by atomic mass is 9.14. The van der Waals surface area contributed by atoms with E-state index in [0.717, 1.165) is 13.1 Å². The number of unbranched alkanes of at least 4 members (excludes halogenated alkanes) is 1.